The lowest BCUT2D eigenvalue weighted by Crippen LogP contribution is -2.40. The summed E-state index contributed by atoms with van der Waals surface area (Å²) in [5.74, 6) is -0.642. The van der Waals surface area contributed by atoms with Crippen LogP contribution in [0.4, 0.5) is 20.6 Å². The van der Waals surface area contributed by atoms with E-state index >= 15 is 0 Å². The molecule has 1 fully saturated rings. The topological polar surface area (TPSA) is 64.7 Å². The summed E-state index contributed by atoms with van der Waals surface area (Å²) in [6.45, 7) is 7.50. The van der Waals surface area contributed by atoms with Crippen molar-refractivity contribution in [1.29, 1.82) is 0 Å². The monoisotopic (exact) mass is 348 g/mol. The Hall–Kier alpha value is -2.15. The lowest BCUT2D eigenvalue weighted by molar-refractivity contribution is -0.116. The Bertz CT molecular complexity index is 675. The van der Waals surface area contributed by atoms with E-state index in [0.717, 1.165) is 25.1 Å². The van der Waals surface area contributed by atoms with Gasteiger partial charge in [0, 0.05) is 31.2 Å². The molecule has 2 aliphatic rings. The number of benzene rings is 1. The number of aryl methyl sites for hydroxylation is 1. The van der Waals surface area contributed by atoms with Crippen LogP contribution in [0.3, 0.4) is 0 Å². The number of rotatable bonds is 4. The number of halogens is 1. The smallest absolute Gasteiger partial charge is 0.321 e. The van der Waals surface area contributed by atoms with E-state index in [0.29, 0.717) is 37.7 Å². The Morgan fingerprint density at radius 2 is 2.12 bits per heavy atom. The first-order valence-corrected chi connectivity index (χ1v) is 8.94. The van der Waals surface area contributed by atoms with Crippen molar-refractivity contribution in [1.82, 2.24) is 9.80 Å². The molecule has 6 nitrogen and oxygen atoms in total. The van der Waals surface area contributed by atoms with Gasteiger partial charge in [-0.15, -0.1) is 0 Å². The van der Waals surface area contributed by atoms with E-state index in [2.05, 4.69) is 29.4 Å². The first-order chi connectivity index (χ1) is 12.0. The molecule has 0 saturated carbocycles. The maximum atomic E-state index is 14.3. The average Bonchev–Trinajstić information content (AvgIpc) is 3.07. The van der Waals surface area contributed by atoms with Crippen LogP contribution in [0.1, 0.15) is 32.3 Å². The number of nitrogens with zero attached hydrogens (tertiary/aromatic N) is 2. The van der Waals surface area contributed by atoms with Crippen LogP contribution in [-0.4, -0.2) is 54.0 Å². The van der Waals surface area contributed by atoms with Crippen LogP contribution >= 0.6 is 0 Å². The number of hydrogen-bond acceptors (Lipinski definition) is 3. The summed E-state index contributed by atoms with van der Waals surface area (Å²) in [7, 11) is 0. The zero-order chi connectivity index (χ0) is 18.0. The van der Waals surface area contributed by atoms with Gasteiger partial charge >= 0.3 is 6.03 Å². The van der Waals surface area contributed by atoms with E-state index in [4.69, 9.17) is 0 Å². The number of likely N-dealkylation sites (tertiary alicyclic amines) is 1. The third-order valence-electron chi connectivity index (χ3n) is 5.11. The highest BCUT2D eigenvalue weighted by Crippen LogP contribution is 2.29. The average molecular weight is 348 g/mol. The lowest BCUT2D eigenvalue weighted by atomic mass is 10.0. The molecule has 0 unspecified atom stereocenters. The van der Waals surface area contributed by atoms with Gasteiger partial charge < -0.3 is 15.5 Å². The number of likely N-dealkylation sites (N-methyl/N-ethyl adjacent to an activating group) is 1. The van der Waals surface area contributed by atoms with Crippen molar-refractivity contribution >= 4 is 23.3 Å². The minimum atomic E-state index is -0.534. The molecule has 3 amide bonds. The maximum absolute atomic E-state index is 14.3. The number of fused-ring (bicyclic) bond motifs is 1. The first kappa shape index (κ1) is 17.7. The second-order valence-electron chi connectivity index (χ2n) is 6.58. The maximum Gasteiger partial charge on any atom is 0.321 e. The highest BCUT2D eigenvalue weighted by molar-refractivity contribution is 5.95. The fourth-order valence-corrected chi connectivity index (χ4v) is 3.66. The lowest BCUT2D eigenvalue weighted by Gasteiger charge is -2.26. The van der Waals surface area contributed by atoms with Gasteiger partial charge in [0.15, 0.2) is 0 Å². The summed E-state index contributed by atoms with van der Waals surface area (Å²) < 4.78 is 14.3. The Labute approximate surface area is 147 Å². The molecule has 0 aliphatic carbocycles. The molecule has 1 aromatic rings. The molecule has 2 N–H and O–H groups in total. The number of carbonyl (C=O) groups excluding carboxylic acids is 2. The van der Waals surface area contributed by atoms with Gasteiger partial charge in [0.1, 0.15) is 5.82 Å². The number of amides is 3. The summed E-state index contributed by atoms with van der Waals surface area (Å²) in [5, 5.41) is 5.35. The molecule has 7 heteroatoms. The highest BCUT2D eigenvalue weighted by atomic mass is 19.1. The Morgan fingerprint density at radius 3 is 2.84 bits per heavy atom. The normalized spacial score (nSPS) is 19.8. The van der Waals surface area contributed by atoms with E-state index in [1.807, 2.05) is 0 Å². The van der Waals surface area contributed by atoms with Gasteiger partial charge in [-0.2, -0.15) is 0 Å². The summed E-state index contributed by atoms with van der Waals surface area (Å²) in [5.41, 5.74) is 1.51. The van der Waals surface area contributed by atoms with E-state index in [9.17, 15) is 14.0 Å². The van der Waals surface area contributed by atoms with Gasteiger partial charge in [0.05, 0.1) is 5.69 Å². The number of carbonyl (C=O) groups is 2. The minimum absolute atomic E-state index is 0.108. The molecule has 1 atom stereocenters. The van der Waals surface area contributed by atoms with Gasteiger partial charge in [-0.3, -0.25) is 9.69 Å². The number of anilines is 2. The van der Waals surface area contributed by atoms with Crippen LogP contribution in [0.15, 0.2) is 12.1 Å². The van der Waals surface area contributed by atoms with Gasteiger partial charge in [0.2, 0.25) is 5.91 Å². The van der Waals surface area contributed by atoms with Crippen LogP contribution in [0.25, 0.3) is 0 Å². The number of nitrogens with one attached hydrogen (secondary N) is 2. The van der Waals surface area contributed by atoms with Crippen molar-refractivity contribution in [2.75, 3.05) is 36.8 Å². The van der Waals surface area contributed by atoms with Crippen molar-refractivity contribution in [3.05, 3.63) is 23.5 Å². The zero-order valence-corrected chi connectivity index (χ0v) is 14.8. The standard InChI is InChI=1S/C18H25FN4O2/c1-3-22(4-2)13-7-8-23(11-13)18(25)21-16-9-12-5-6-17(24)20-15(12)10-14(16)19/h9-10,13H,3-8,11H2,1-2H3,(H,20,24)(H,21,25)/t13-/m1/s1. The molecule has 1 aromatic carbocycles. The molecule has 3 rings (SSSR count). The predicted molar refractivity (Wildman–Crippen MR) is 95.3 cm³/mol. The van der Waals surface area contributed by atoms with Crippen molar-refractivity contribution in [3.63, 3.8) is 0 Å². The minimum Gasteiger partial charge on any atom is -0.326 e. The molecule has 0 bridgehead atoms. The molecule has 0 radical (unpaired) electrons. The fourth-order valence-electron chi connectivity index (χ4n) is 3.66. The second kappa shape index (κ2) is 7.39. The first-order valence-electron chi connectivity index (χ1n) is 8.94. The zero-order valence-electron chi connectivity index (χ0n) is 14.8. The summed E-state index contributed by atoms with van der Waals surface area (Å²) in [6, 6.07) is 3.00. The number of hydrogen-bond donors (Lipinski definition) is 2. The largest absolute Gasteiger partial charge is 0.326 e. The Balaban J connectivity index is 1.67. The van der Waals surface area contributed by atoms with Crippen molar-refractivity contribution in [2.45, 2.75) is 39.2 Å². The fraction of sp³-hybridized carbons (Fsp3) is 0.556. The number of urea groups is 1. The van der Waals surface area contributed by atoms with Crippen molar-refractivity contribution < 1.29 is 14.0 Å². The third kappa shape index (κ3) is 3.76. The van der Waals surface area contributed by atoms with Gasteiger partial charge in [-0.25, -0.2) is 9.18 Å². The molecule has 2 aliphatic heterocycles. The van der Waals surface area contributed by atoms with Crippen LogP contribution in [0, 0.1) is 5.82 Å². The molecule has 25 heavy (non-hydrogen) atoms. The summed E-state index contributed by atoms with van der Waals surface area (Å²) >= 11 is 0. The van der Waals surface area contributed by atoms with E-state index in [-0.39, 0.29) is 17.6 Å². The van der Waals surface area contributed by atoms with Crippen LogP contribution in [0.2, 0.25) is 0 Å². The van der Waals surface area contributed by atoms with Gasteiger partial charge in [-0.05, 0) is 43.6 Å². The SMILES string of the molecule is CCN(CC)[C@@H]1CCN(C(=O)Nc2cc3c(cc2F)NC(=O)CC3)C1. The van der Waals surface area contributed by atoms with E-state index in [1.165, 1.54) is 6.07 Å². The molecule has 136 valence electrons. The van der Waals surface area contributed by atoms with Crippen molar-refractivity contribution in [3.8, 4) is 0 Å². The molecule has 2 heterocycles. The molecule has 0 spiro atoms. The molecule has 0 aromatic heterocycles. The highest BCUT2D eigenvalue weighted by Gasteiger charge is 2.29. The van der Waals surface area contributed by atoms with Crippen LogP contribution in [-0.2, 0) is 11.2 Å². The second-order valence-corrected chi connectivity index (χ2v) is 6.58. The predicted octanol–water partition coefficient (Wildman–Crippen LogP) is 2.66. The van der Waals surface area contributed by atoms with Crippen LogP contribution in [0.5, 0.6) is 0 Å². The molecular formula is C18H25FN4O2. The summed E-state index contributed by atoms with van der Waals surface area (Å²) in [4.78, 5) is 28.0. The van der Waals surface area contributed by atoms with Crippen molar-refractivity contribution in [2.24, 2.45) is 0 Å². The molecular weight excluding hydrogens is 323 g/mol. The Kier molecular flexibility index (Phi) is 5.22. The van der Waals surface area contributed by atoms with Gasteiger partial charge in [0.25, 0.3) is 0 Å². The quantitative estimate of drug-likeness (QED) is 0.879. The molecule has 1 saturated heterocycles. The van der Waals surface area contributed by atoms with E-state index < -0.39 is 5.82 Å². The van der Waals surface area contributed by atoms with Gasteiger partial charge in [-0.1, -0.05) is 13.8 Å². The van der Waals surface area contributed by atoms with Crippen LogP contribution < -0.4 is 10.6 Å². The van der Waals surface area contributed by atoms with E-state index in [1.54, 1.807) is 11.0 Å². The third-order valence-corrected chi connectivity index (χ3v) is 5.11. The Morgan fingerprint density at radius 1 is 1.36 bits per heavy atom. The summed E-state index contributed by atoms with van der Waals surface area (Å²) in [6.07, 6.45) is 1.87.